The van der Waals surface area contributed by atoms with E-state index in [1.807, 2.05) is 24.4 Å². The summed E-state index contributed by atoms with van der Waals surface area (Å²) in [5, 5.41) is 4.17. The van der Waals surface area contributed by atoms with Gasteiger partial charge in [-0.25, -0.2) is 0 Å². The second kappa shape index (κ2) is 5.53. The summed E-state index contributed by atoms with van der Waals surface area (Å²) in [6, 6.07) is 7.60. The van der Waals surface area contributed by atoms with Crippen molar-refractivity contribution in [1.82, 2.24) is 10.3 Å². The third kappa shape index (κ3) is 2.95. The molecule has 1 fully saturated rings. The van der Waals surface area contributed by atoms with Gasteiger partial charge in [-0.05, 0) is 42.7 Å². The van der Waals surface area contributed by atoms with E-state index in [1.165, 1.54) is 12.8 Å². The molecule has 112 valence electrons. The van der Waals surface area contributed by atoms with E-state index in [1.54, 1.807) is 0 Å². The van der Waals surface area contributed by atoms with Crippen molar-refractivity contribution in [3.63, 3.8) is 0 Å². The zero-order valence-corrected chi connectivity index (χ0v) is 12.5. The van der Waals surface area contributed by atoms with Crippen molar-refractivity contribution in [2.24, 2.45) is 11.1 Å². The number of para-hydroxylation sites is 1. The molecule has 2 aromatic rings. The van der Waals surface area contributed by atoms with E-state index in [-0.39, 0.29) is 5.91 Å². The molecule has 4 nitrogen and oxygen atoms in total. The summed E-state index contributed by atoms with van der Waals surface area (Å²) in [4.78, 5) is 15.4. The van der Waals surface area contributed by atoms with Crippen LogP contribution in [-0.4, -0.2) is 23.5 Å². The maximum Gasteiger partial charge on any atom is 0.237 e. The lowest BCUT2D eigenvalue weighted by Gasteiger charge is -2.16. The van der Waals surface area contributed by atoms with E-state index in [9.17, 15) is 4.79 Å². The largest absolute Gasteiger partial charge is 0.361 e. The van der Waals surface area contributed by atoms with Crippen LogP contribution in [0.3, 0.4) is 0 Å². The minimum Gasteiger partial charge on any atom is -0.361 e. The molecule has 1 saturated carbocycles. The second-order valence-corrected chi connectivity index (χ2v) is 6.24. The third-order valence-electron chi connectivity index (χ3n) is 4.80. The van der Waals surface area contributed by atoms with Crippen LogP contribution < -0.4 is 11.1 Å². The summed E-state index contributed by atoms with van der Waals surface area (Å²) < 4.78 is 0. The number of amides is 1. The summed E-state index contributed by atoms with van der Waals surface area (Å²) in [5.41, 5.74) is 8.61. The Morgan fingerprint density at radius 2 is 2.19 bits per heavy atom. The van der Waals surface area contributed by atoms with Gasteiger partial charge in [-0.3, -0.25) is 4.79 Å². The Kier molecular flexibility index (Phi) is 3.72. The van der Waals surface area contributed by atoms with E-state index >= 15 is 0 Å². The summed E-state index contributed by atoms with van der Waals surface area (Å²) in [7, 11) is 0. The molecule has 0 saturated heterocycles. The predicted molar refractivity (Wildman–Crippen MR) is 84.9 cm³/mol. The Balaban J connectivity index is 1.60. The number of aromatic amines is 1. The molecule has 1 amide bonds. The number of nitrogens with one attached hydrogen (secondary N) is 2. The highest BCUT2D eigenvalue weighted by Gasteiger charge is 2.40. The van der Waals surface area contributed by atoms with Gasteiger partial charge in [0.15, 0.2) is 0 Å². The van der Waals surface area contributed by atoms with Gasteiger partial charge >= 0.3 is 0 Å². The van der Waals surface area contributed by atoms with E-state index in [0.29, 0.717) is 11.8 Å². The van der Waals surface area contributed by atoms with Gasteiger partial charge in [-0.2, -0.15) is 0 Å². The quantitative estimate of drug-likeness (QED) is 0.762. The van der Waals surface area contributed by atoms with Crippen molar-refractivity contribution >= 4 is 16.8 Å². The van der Waals surface area contributed by atoms with Crippen molar-refractivity contribution in [3.8, 4) is 0 Å². The maximum absolute atomic E-state index is 12.1. The van der Waals surface area contributed by atoms with Gasteiger partial charge in [0.25, 0.3) is 0 Å². The van der Waals surface area contributed by atoms with Crippen molar-refractivity contribution in [3.05, 3.63) is 36.0 Å². The molecule has 1 aromatic carbocycles. The molecule has 0 aliphatic heterocycles. The van der Waals surface area contributed by atoms with Gasteiger partial charge in [0.2, 0.25) is 5.91 Å². The van der Waals surface area contributed by atoms with Crippen LogP contribution in [0.4, 0.5) is 0 Å². The van der Waals surface area contributed by atoms with Gasteiger partial charge < -0.3 is 16.0 Å². The molecule has 1 heterocycles. The van der Waals surface area contributed by atoms with Crippen molar-refractivity contribution in [2.45, 2.75) is 38.6 Å². The number of hydrogen-bond donors (Lipinski definition) is 3. The molecular formula is C17H23N3O. The number of carbonyl (C=O) groups excluding carboxylic acids is 1. The molecule has 4 heteroatoms. The number of nitrogens with two attached hydrogens (primary N) is 1. The molecule has 0 bridgehead atoms. The second-order valence-electron chi connectivity index (χ2n) is 6.24. The van der Waals surface area contributed by atoms with Crippen molar-refractivity contribution in [1.29, 1.82) is 0 Å². The van der Waals surface area contributed by atoms with Crippen LogP contribution in [0.5, 0.6) is 0 Å². The van der Waals surface area contributed by atoms with Gasteiger partial charge in [0.1, 0.15) is 0 Å². The molecule has 4 N–H and O–H groups in total. The van der Waals surface area contributed by atoms with Crippen LogP contribution in [0.2, 0.25) is 0 Å². The number of benzene rings is 1. The molecule has 0 spiro atoms. The number of hydrogen-bond acceptors (Lipinski definition) is 2. The Bertz CT molecular complexity index is 642. The normalized spacial score (nSPS) is 17.6. The van der Waals surface area contributed by atoms with Crippen LogP contribution in [0, 0.1) is 5.41 Å². The Morgan fingerprint density at radius 1 is 1.43 bits per heavy atom. The predicted octanol–water partition coefficient (Wildman–Crippen LogP) is 2.34. The third-order valence-corrected chi connectivity index (χ3v) is 4.80. The highest BCUT2D eigenvalue weighted by atomic mass is 16.2. The van der Waals surface area contributed by atoms with Crippen LogP contribution in [0.15, 0.2) is 30.5 Å². The van der Waals surface area contributed by atoms with Crippen molar-refractivity contribution < 1.29 is 4.79 Å². The first kappa shape index (κ1) is 14.1. The molecular weight excluding hydrogens is 262 g/mol. The minimum absolute atomic E-state index is 0.0417. The lowest BCUT2D eigenvalue weighted by Crippen LogP contribution is -2.43. The highest BCUT2D eigenvalue weighted by molar-refractivity contribution is 5.86. The number of carbonyl (C=O) groups is 1. The first-order chi connectivity index (χ1) is 10.1. The van der Waals surface area contributed by atoms with E-state index in [2.05, 4.69) is 23.3 Å². The summed E-state index contributed by atoms with van der Waals surface area (Å²) in [6.07, 6.45) is 6.09. The molecule has 1 aliphatic carbocycles. The molecule has 1 atom stereocenters. The average molecular weight is 285 g/mol. The smallest absolute Gasteiger partial charge is 0.237 e. The molecule has 21 heavy (non-hydrogen) atoms. The topological polar surface area (TPSA) is 70.9 Å². The molecule has 3 rings (SSSR count). The highest BCUT2D eigenvalue weighted by Crippen LogP contribution is 2.47. The average Bonchev–Trinajstić information content (AvgIpc) is 3.20. The summed E-state index contributed by atoms with van der Waals surface area (Å²) >= 11 is 0. The fourth-order valence-corrected chi connectivity index (χ4v) is 2.87. The first-order valence-corrected chi connectivity index (χ1v) is 7.72. The molecule has 0 radical (unpaired) electrons. The fourth-order valence-electron chi connectivity index (χ4n) is 2.87. The number of H-pyrrole nitrogens is 1. The van der Waals surface area contributed by atoms with Gasteiger partial charge in [-0.15, -0.1) is 0 Å². The minimum atomic E-state index is -0.489. The lowest BCUT2D eigenvalue weighted by molar-refractivity contribution is -0.122. The number of rotatable bonds is 6. The Hall–Kier alpha value is -1.81. The summed E-state index contributed by atoms with van der Waals surface area (Å²) in [6.45, 7) is 2.95. The number of fused-ring (bicyclic) bond motifs is 1. The lowest BCUT2D eigenvalue weighted by atomic mass is 10.0. The van der Waals surface area contributed by atoms with E-state index in [4.69, 9.17) is 5.73 Å². The van der Waals surface area contributed by atoms with Crippen LogP contribution >= 0.6 is 0 Å². The van der Waals surface area contributed by atoms with Gasteiger partial charge in [0.05, 0.1) is 6.04 Å². The summed E-state index contributed by atoms with van der Waals surface area (Å²) in [5.74, 6) is -0.0417. The fraction of sp³-hybridized carbons (Fsp3) is 0.471. The zero-order valence-electron chi connectivity index (χ0n) is 12.5. The van der Waals surface area contributed by atoms with E-state index in [0.717, 1.165) is 29.4 Å². The standard InChI is InChI=1S/C17H23N3O/c1-2-17(7-8-17)11-20-16(21)14(18)9-12-10-19-15-6-4-3-5-13(12)15/h3-6,10,14,19H,2,7-9,11,18H2,1H3,(H,20,21)/t14-/m0/s1. The van der Waals surface area contributed by atoms with Crippen LogP contribution in [0.25, 0.3) is 10.9 Å². The molecule has 0 unspecified atom stereocenters. The molecule has 1 aromatic heterocycles. The SMILES string of the molecule is CCC1(CNC(=O)[C@@H](N)Cc2c[nH]c3ccccc23)CC1. The van der Waals surface area contributed by atoms with Gasteiger partial charge in [-0.1, -0.05) is 25.1 Å². The zero-order chi connectivity index (χ0) is 14.9. The Morgan fingerprint density at radius 3 is 2.90 bits per heavy atom. The number of aromatic nitrogens is 1. The Labute approximate surface area is 125 Å². The monoisotopic (exact) mass is 285 g/mol. The first-order valence-electron chi connectivity index (χ1n) is 7.72. The van der Waals surface area contributed by atoms with Crippen molar-refractivity contribution in [2.75, 3.05) is 6.54 Å². The van der Waals surface area contributed by atoms with Gasteiger partial charge in [0, 0.05) is 23.6 Å². The molecule has 1 aliphatic rings. The van der Waals surface area contributed by atoms with E-state index < -0.39 is 6.04 Å². The van der Waals surface area contributed by atoms with Crippen LogP contribution in [-0.2, 0) is 11.2 Å². The van der Waals surface area contributed by atoms with Crippen LogP contribution in [0.1, 0.15) is 31.7 Å². The maximum atomic E-state index is 12.1.